The number of ether oxygens (including phenoxy) is 2. The summed E-state index contributed by atoms with van der Waals surface area (Å²) in [7, 11) is 0. The SMILES string of the molecule is CCOC(=O)c1nc(C)oc1CNC(=O)OCc1ccccc1. The monoisotopic (exact) mass is 318 g/mol. The van der Waals surface area contributed by atoms with Crippen LogP contribution in [-0.2, 0) is 22.6 Å². The first-order valence-corrected chi connectivity index (χ1v) is 7.18. The molecule has 23 heavy (non-hydrogen) atoms. The number of alkyl carbamates (subject to hydrolysis) is 1. The van der Waals surface area contributed by atoms with Crippen LogP contribution in [0.15, 0.2) is 34.7 Å². The van der Waals surface area contributed by atoms with E-state index in [0.29, 0.717) is 5.89 Å². The Morgan fingerprint density at radius 2 is 1.96 bits per heavy atom. The van der Waals surface area contributed by atoms with Crippen LogP contribution in [0.5, 0.6) is 0 Å². The first-order valence-electron chi connectivity index (χ1n) is 7.18. The van der Waals surface area contributed by atoms with Crippen molar-refractivity contribution >= 4 is 12.1 Å². The maximum Gasteiger partial charge on any atom is 0.407 e. The van der Waals surface area contributed by atoms with Gasteiger partial charge in [-0.3, -0.25) is 0 Å². The highest BCUT2D eigenvalue weighted by atomic mass is 16.5. The molecule has 1 N–H and O–H groups in total. The Morgan fingerprint density at radius 1 is 1.22 bits per heavy atom. The van der Waals surface area contributed by atoms with Crippen LogP contribution >= 0.6 is 0 Å². The van der Waals surface area contributed by atoms with Crippen molar-refractivity contribution in [1.29, 1.82) is 0 Å². The van der Waals surface area contributed by atoms with E-state index in [0.717, 1.165) is 5.56 Å². The fourth-order valence-corrected chi connectivity index (χ4v) is 1.87. The third-order valence-electron chi connectivity index (χ3n) is 2.88. The topological polar surface area (TPSA) is 90.7 Å². The maximum absolute atomic E-state index is 11.7. The average Bonchev–Trinajstić information content (AvgIpc) is 2.93. The van der Waals surface area contributed by atoms with Crippen molar-refractivity contribution in [3.8, 4) is 0 Å². The smallest absolute Gasteiger partial charge is 0.407 e. The minimum Gasteiger partial charge on any atom is -0.461 e. The molecule has 0 saturated heterocycles. The second kappa shape index (κ2) is 7.98. The van der Waals surface area contributed by atoms with Gasteiger partial charge in [-0.05, 0) is 12.5 Å². The van der Waals surface area contributed by atoms with E-state index >= 15 is 0 Å². The number of benzene rings is 1. The molecule has 1 heterocycles. The van der Waals surface area contributed by atoms with Crippen LogP contribution in [0, 0.1) is 6.92 Å². The fourth-order valence-electron chi connectivity index (χ4n) is 1.87. The Hall–Kier alpha value is -2.83. The van der Waals surface area contributed by atoms with Crippen molar-refractivity contribution < 1.29 is 23.5 Å². The number of carbonyl (C=O) groups excluding carboxylic acids is 2. The molecule has 0 saturated carbocycles. The quantitative estimate of drug-likeness (QED) is 0.823. The summed E-state index contributed by atoms with van der Waals surface area (Å²) in [6.45, 7) is 3.69. The Labute approximate surface area is 133 Å². The minimum absolute atomic E-state index is 0.0113. The molecule has 0 atom stereocenters. The zero-order valence-corrected chi connectivity index (χ0v) is 13.0. The highest BCUT2D eigenvalue weighted by molar-refractivity contribution is 5.88. The van der Waals surface area contributed by atoms with Gasteiger partial charge in [0, 0.05) is 6.92 Å². The van der Waals surface area contributed by atoms with Crippen molar-refractivity contribution in [3.63, 3.8) is 0 Å². The summed E-state index contributed by atoms with van der Waals surface area (Å²) >= 11 is 0. The van der Waals surface area contributed by atoms with Gasteiger partial charge in [-0.25, -0.2) is 14.6 Å². The highest BCUT2D eigenvalue weighted by Gasteiger charge is 2.20. The second-order valence-electron chi connectivity index (χ2n) is 4.64. The molecule has 122 valence electrons. The largest absolute Gasteiger partial charge is 0.461 e. The lowest BCUT2D eigenvalue weighted by molar-refractivity contribution is 0.0517. The molecule has 0 unspecified atom stereocenters. The Balaban J connectivity index is 1.88. The van der Waals surface area contributed by atoms with Crippen LogP contribution in [0.4, 0.5) is 4.79 Å². The number of hydrogen-bond donors (Lipinski definition) is 1. The summed E-state index contributed by atoms with van der Waals surface area (Å²) in [6, 6.07) is 9.31. The van der Waals surface area contributed by atoms with Crippen molar-refractivity contribution in [1.82, 2.24) is 10.3 Å². The van der Waals surface area contributed by atoms with Crippen molar-refractivity contribution in [2.75, 3.05) is 6.61 Å². The van der Waals surface area contributed by atoms with Crippen molar-refractivity contribution in [2.24, 2.45) is 0 Å². The normalized spacial score (nSPS) is 10.2. The summed E-state index contributed by atoms with van der Waals surface area (Å²) in [5, 5.41) is 2.52. The summed E-state index contributed by atoms with van der Waals surface area (Å²) in [5.74, 6) is -0.0288. The lowest BCUT2D eigenvalue weighted by atomic mass is 10.2. The predicted octanol–water partition coefficient (Wildman–Crippen LogP) is 2.59. The zero-order valence-electron chi connectivity index (χ0n) is 13.0. The predicted molar refractivity (Wildman–Crippen MR) is 80.7 cm³/mol. The molecule has 0 aliphatic carbocycles. The minimum atomic E-state index is -0.613. The number of aryl methyl sites for hydroxylation is 1. The van der Waals surface area contributed by atoms with E-state index in [1.165, 1.54) is 0 Å². The van der Waals surface area contributed by atoms with E-state index in [-0.39, 0.29) is 31.2 Å². The number of aromatic nitrogens is 1. The van der Waals surface area contributed by atoms with Crippen LogP contribution in [0.2, 0.25) is 0 Å². The second-order valence-corrected chi connectivity index (χ2v) is 4.64. The van der Waals surface area contributed by atoms with Gasteiger partial charge in [0.25, 0.3) is 0 Å². The molecule has 0 fully saturated rings. The van der Waals surface area contributed by atoms with E-state index in [1.807, 2.05) is 30.3 Å². The third-order valence-corrected chi connectivity index (χ3v) is 2.88. The number of rotatable bonds is 6. The lowest BCUT2D eigenvalue weighted by Gasteiger charge is -2.06. The number of nitrogens with zero attached hydrogens (tertiary/aromatic N) is 1. The van der Waals surface area contributed by atoms with E-state index < -0.39 is 12.1 Å². The van der Waals surface area contributed by atoms with E-state index in [1.54, 1.807) is 13.8 Å². The van der Waals surface area contributed by atoms with Gasteiger partial charge in [0.15, 0.2) is 17.3 Å². The average molecular weight is 318 g/mol. The van der Waals surface area contributed by atoms with Gasteiger partial charge >= 0.3 is 12.1 Å². The molecule has 2 aromatic rings. The Kier molecular flexibility index (Phi) is 5.74. The highest BCUT2D eigenvalue weighted by Crippen LogP contribution is 2.12. The fraction of sp³-hybridized carbons (Fsp3) is 0.312. The molecule has 0 aliphatic rings. The van der Waals surface area contributed by atoms with Crippen LogP contribution < -0.4 is 5.32 Å². The number of esters is 1. The first-order chi connectivity index (χ1) is 11.1. The number of carbonyl (C=O) groups is 2. The summed E-state index contributed by atoms with van der Waals surface area (Å²) in [5.41, 5.74) is 0.943. The van der Waals surface area contributed by atoms with E-state index in [4.69, 9.17) is 13.9 Å². The Bertz CT molecular complexity index is 666. The molecular formula is C16H18N2O5. The van der Waals surface area contributed by atoms with Gasteiger partial charge in [-0.2, -0.15) is 0 Å². The summed E-state index contributed by atoms with van der Waals surface area (Å²) in [4.78, 5) is 27.4. The van der Waals surface area contributed by atoms with Gasteiger partial charge in [0.2, 0.25) is 0 Å². The molecule has 0 radical (unpaired) electrons. The molecule has 7 heteroatoms. The number of oxazole rings is 1. The summed E-state index contributed by atoms with van der Waals surface area (Å²) in [6.07, 6.45) is -0.613. The van der Waals surface area contributed by atoms with Crippen molar-refractivity contribution in [3.05, 3.63) is 53.2 Å². The molecule has 7 nitrogen and oxygen atoms in total. The van der Waals surface area contributed by atoms with Crippen molar-refractivity contribution in [2.45, 2.75) is 27.0 Å². The van der Waals surface area contributed by atoms with Crippen LogP contribution in [0.1, 0.15) is 34.6 Å². The van der Waals surface area contributed by atoms with Crippen LogP contribution in [0.25, 0.3) is 0 Å². The van der Waals surface area contributed by atoms with Gasteiger partial charge in [0.1, 0.15) is 6.61 Å². The molecule has 1 aromatic heterocycles. The van der Waals surface area contributed by atoms with Gasteiger partial charge in [0.05, 0.1) is 13.2 Å². The standard InChI is InChI=1S/C16H18N2O5/c1-3-21-15(19)14-13(23-11(2)18-14)9-17-16(20)22-10-12-7-5-4-6-8-12/h4-8H,3,9-10H2,1-2H3,(H,17,20). The third kappa shape index (κ3) is 4.84. The molecular weight excluding hydrogens is 300 g/mol. The number of amides is 1. The molecule has 1 aromatic carbocycles. The zero-order chi connectivity index (χ0) is 16.7. The van der Waals surface area contributed by atoms with Crippen LogP contribution in [-0.4, -0.2) is 23.7 Å². The molecule has 0 aliphatic heterocycles. The van der Waals surface area contributed by atoms with Crippen LogP contribution in [0.3, 0.4) is 0 Å². The Morgan fingerprint density at radius 3 is 2.65 bits per heavy atom. The molecule has 0 spiro atoms. The summed E-state index contributed by atoms with van der Waals surface area (Å²) < 4.78 is 15.3. The van der Waals surface area contributed by atoms with Gasteiger partial charge in [-0.15, -0.1) is 0 Å². The lowest BCUT2D eigenvalue weighted by Crippen LogP contribution is -2.24. The number of nitrogens with one attached hydrogen (secondary N) is 1. The van der Waals surface area contributed by atoms with Gasteiger partial charge in [-0.1, -0.05) is 30.3 Å². The van der Waals surface area contributed by atoms with E-state index in [2.05, 4.69) is 10.3 Å². The molecule has 0 bridgehead atoms. The van der Waals surface area contributed by atoms with Gasteiger partial charge < -0.3 is 19.2 Å². The first kappa shape index (κ1) is 16.5. The number of hydrogen-bond acceptors (Lipinski definition) is 6. The molecule has 1 amide bonds. The maximum atomic E-state index is 11.7. The van der Waals surface area contributed by atoms with E-state index in [9.17, 15) is 9.59 Å². The molecule has 2 rings (SSSR count).